The van der Waals surface area contributed by atoms with Gasteiger partial charge in [0.05, 0.1) is 5.71 Å². The Labute approximate surface area is 107 Å². The van der Waals surface area contributed by atoms with E-state index in [1.54, 1.807) is 0 Å². The molecule has 1 saturated heterocycles. The standard InChI is InChI=1S/C14H18N2O2/c1-10-5-7-12(8-6-10)11(2)15-16-14(17)13-4-3-9-18-13/h5-8,13H,3-4,9H2,1-2H3,(H,16,17). The van der Waals surface area contributed by atoms with Crippen molar-refractivity contribution in [1.82, 2.24) is 5.43 Å². The van der Waals surface area contributed by atoms with Crippen molar-refractivity contribution < 1.29 is 9.53 Å². The molecule has 1 fully saturated rings. The number of rotatable bonds is 3. The fraction of sp³-hybridized carbons (Fsp3) is 0.429. The molecular formula is C14H18N2O2. The molecule has 18 heavy (non-hydrogen) atoms. The van der Waals surface area contributed by atoms with E-state index in [4.69, 9.17) is 4.74 Å². The van der Waals surface area contributed by atoms with Crippen molar-refractivity contribution in [3.8, 4) is 0 Å². The molecule has 1 atom stereocenters. The molecule has 4 heteroatoms. The molecule has 2 rings (SSSR count). The second kappa shape index (κ2) is 5.78. The first-order valence-corrected chi connectivity index (χ1v) is 6.19. The Morgan fingerprint density at radius 1 is 1.39 bits per heavy atom. The highest BCUT2D eigenvalue weighted by atomic mass is 16.5. The summed E-state index contributed by atoms with van der Waals surface area (Å²) < 4.78 is 5.29. The van der Waals surface area contributed by atoms with Crippen molar-refractivity contribution in [2.45, 2.75) is 32.8 Å². The number of hydrogen-bond acceptors (Lipinski definition) is 3. The van der Waals surface area contributed by atoms with Gasteiger partial charge in [0.25, 0.3) is 5.91 Å². The molecule has 1 heterocycles. The van der Waals surface area contributed by atoms with Crippen molar-refractivity contribution in [1.29, 1.82) is 0 Å². The van der Waals surface area contributed by atoms with E-state index in [-0.39, 0.29) is 12.0 Å². The average molecular weight is 246 g/mol. The molecule has 0 saturated carbocycles. The Kier molecular flexibility index (Phi) is 4.10. The maximum absolute atomic E-state index is 11.7. The van der Waals surface area contributed by atoms with Crippen LogP contribution in [0, 0.1) is 6.92 Å². The van der Waals surface area contributed by atoms with Crippen LogP contribution in [0.5, 0.6) is 0 Å². The number of nitrogens with zero attached hydrogens (tertiary/aromatic N) is 1. The first-order valence-electron chi connectivity index (χ1n) is 6.19. The van der Waals surface area contributed by atoms with Gasteiger partial charge in [-0.15, -0.1) is 0 Å². The summed E-state index contributed by atoms with van der Waals surface area (Å²) in [4.78, 5) is 11.7. The quantitative estimate of drug-likeness (QED) is 0.655. The van der Waals surface area contributed by atoms with Crippen LogP contribution in [-0.4, -0.2) is 24.3 Å². The minimum atomic E-state index is -0.334. The van der Waals surface area contributed by atoms with Crippen molar-refractivity contribution in [2.24, 2.45) is 5.10 Å². The van der Waals surface area contributed by atoms with Crippen LogP contribution < -0.4 is 5.43 Å². The zero-order valence-corrected chi connectivity index (χ0v) is 10.8. The van der Waals surface area contributed by atoms with Crippen molar-refractivity contribution in [2.75, 3.05) is 6.61 Å². The molecular weight excluding hydrogens is 228 g/mol. The highest BCUT2D eigenvalue weighted by molar-refractivity contribution is 5.99. The fourth-order valence-electron chi connectivity index (χ4n) is 1.85. The normalized spacial score (nSPS) is 19.9. The van der Waals surface area contributed by atoms with E-state index >= 15 is 0 Å². The maximum Gasteiger partial charge on any atom is 0.269 e. The Morgan fingerprint density at radius 3 is 2.72 bits per heavy atom. The van der Waals surface area contributed by atoms with Gasteiger partial charge >= 0.3 is 0 Å². The summed E-state index contributed by atoms with van der Waals surface area (Å²) in [5.74, 6) is -0.154. The summed E-state index contributed by atoms with van der Waals surface area (Å²) in [6.07, 6.45) is 1.39. The summed E-state index contributed by atoms with van der Waals surface area (Å²) in [5.41, 5.74) is 5.57. The molecule has 0 bridgehead atoms. The van der Waals surface area contributed by atoms with E-state index in [0.29, 0.717) is 6.61 Å². The van der Waals surface area contributed by atoms with Gasteiger partial charge in [0.2, 0.25) is 0 Å². The van der Waals surface area contributed by atoms with E-state index in [2.05, 4.69) is 10.5 Å². The van der Waals surface area contributed by atoms with E-state index in [1.807, 2.05) is 38.1 Å². The van der Waals surface area contributed by atoms with Crippen LogP contribution in [0.25, 0.3) is 0 Å². The second-order valence-corrected chi connectivity index (χ2v) is 4.54. The van der Waals surface area contributed by atoms with Crippen LogP contribution in [0.3, 0.4) is 0 Å². The van der Waals surface area contributed by atoms with E-state index < -0.39 is 0 Å². The summed E-state index contributed by atoms with van der Waals surface area (Å²) in [6, 6.07) is 8.03. The third-order valence-electron chi connectivity index (χ3n) is 3.03. The van der Waals surface area contributed by atoms with Gasteiger partial charge in [-0.3, -0.25) is 4.79 Å². The first kappa shape index (κ1) is 12.8. The average Bonchev–Trinajstić information content (AvgIpc) is 2.90. The Hall–Kier alpha value is -1.68. The molecule has 96 valence electrons. The van der Waals surface area contributed by atoms with Crippen LogP contribution in [0.1, 0.15) is 30.9 Å². The van der Waals surface area contributed by atoms with Gasteiger partial charge < -0.3 is 4.74 Å². The lowest BCUT2D eigenvalue weighted by atomic mass is 10.1. The van der Waals surface area contributed by atoms with E-state index in [9.17, 15) is 4.79 Å². The zero-order valence-electron chi connectivity index (χ0n) is 10.8. The van der Waals surface area contributed by atoms with Crippen molar-refractivity contribution in [3.63, 3.8) is 0 Å². The smallest absolute Gasteiger partial charge is 0.269 e. The molecule has 1 aliphatic heterocycles. The van der Waals surface area contributed by atoms with Gasteiger partial charge in [0.1, 0.15) is 6.10 Å². The summed E-state index contributed by atoms with van der Waals surface area (Å²) in [5, 5.41) is 4.11. The van der Waals surface area contributed by atoms with E-state index in [0.717, 1.165) is 24.1 Å². The number of hydrazone groups is 1. The highest BCUT2D eigenvalue weighted by Gasteiger charge is 2.23. The lowest BCUT2D eigenvalue weighted by molar-refractivity contribution is -0.130. The lowest BCUT2D eigenvalue weighted by Crippen LogP contribution is -2.31. The molecule has 1 aromatic carbocycles. The summed E-state index contributed by atoms with van der Waals surface area (Å²) in [7, 11) is 0. The number of amides is 1. The van der Waals surface area contributed by atoms with Crippen molar-refractivity contribution in [3.05, 3.63) is 35.4 Å². The molecule has 1 aliphatic rings. The van der Waals surface area contributed by atoms with E-state index in [1.165, 1.54) is 5.56 Å². The number of nitrogens with one attached hydrogen (secondary N) is 1. The summed E-state index contributed by atoms with van der Waals surface area (Å²) in [6.45, 7) is 4.58. The predicted octanol–water partition coefficient (Wildman–Crippen LogP) is 2.01. The monoisotopic (exact) mass is 246 g/mol. The Balaban J connectivity index is 1.95. The molecule has 1 aromatic rings. The van der Waals surface area contributed by atoms with Gasteiger partial charge in [0.15, 0.2) is 0 Å². The molecule has 0 spiro atoms. The number of ether oxygens (including phenoxy) is 1. The van der Waals surface area contributed by atoms with Crippen LogP contribution >= 0.6 is 0 Å². The number of aryl methyl sites for hydroxylation is 1. The number of carbonyl (C=O) groups excluding carboxylic acids is 1. The van der Waals surface area contributed by atoms with Crippen LogP contribution in [0.2, 0.25) is 0 Å². The third-order valence-corrected chi connectivity index (χ3v) is 3.03. The molecule has 1 amide bonds. The second-order valence-electron chi connectivity index (χ2n) is 4.54. The van der Waals surface area contributed by atoms with Crippen molar-refractivity contribution >= 4 is 11.6 Å². The zero-order chi connectivity index (χ0) is 13.0. The van der Waals surface area contributed by atoms with Crippen LogP contribution in [-0.2, 0) is 9.53 Å². The molecule has 1 unspecified atom stereocenters. The predicted molar refractivity (Wildman–Crippen MR) is 70.5 cm³/mol. The minimum absolute atomic E-state index is 0.154. The van der Waals surface area contributed by atoms with Gasteiger partial charge in [0, 0.05) is 6.61 Å². The number of carbonyl (C=O) groups is 1. The SMILES string of the molecule is CC(=NNC(=O)C1CCCO1)c1ccc(C)cc1. The van der Waals surface area contributed by atoms with Crippen LogP contribution in [0.4, 0.5) is 0 Å². The van der Waals surface area contributed by atoms with Gasteiger partial charge in [-0.2, -0.15) is 5.10 Å². The maximum atomic E-state index is 11.7. The third kappa shape index (κ3) is 3.17. The highest BCUT2D eigenvalue weighted by Crippen LogP contribution is 2.11. The Bertz CT molecular complexity index is 445. The topological polar surface area (TPSA) is 50.7 Å². The minimum Gasteiger partial charge on any atom is -0.368 e. The molecule has 0 radical (unpaired) electrons. The van der Waals surface area contributed by atoms with Gasteiger partial charge in [-0.25, -0.2) is 5.43 Å². The Morgan fingerprint density at radius 2 is 2.11 bits per heavy atom. The number of benzene rings is 1. The first-order chi connectivity index (χ1) is 8.66. The molecule has 0 aliphatic carbocycles. The van der Waals surface area contributed by atoms with Gasteiger partial charge in [-0.05, 0) is 32.3 Å². The lowest BCUT2D eigenvalue weighted by Gasteiger charge is -2.07. The number of hydrogen-bond donors (Lipinski definition) is 1. The fourth-order valence-corrected chi connectivity index (χ4v) is 1.85. The molecule has 4 nitrogen and oxygen atoms in total. The molecule has 0 aromatic heterocycles. The van der Waals surface area contributed by atoms with Crippen LogP contribution in [0.15, 0.2) is 29.4 Å². The van der Waals surface area contributed by atoms with Gasteiger partial charge in [-0.1, -0.05) is 29.8 Å². The molecule has 1 N–H and O–H groups in total. The largest absolute Gasteiger partial charge is 0.368 e. The summed E-state index contributed by atoms with van der Waals surface area (Å²) >= 11 is 0.